The molecule has 1 aromatic heterocycles. The number of anilines is 1. The summed E-state index contributed by atoms with van der Waals surface area (Å²) in [6, 6.07) is 5.93. The molecule has 2 aromatic rings. The van der Waals surface area contributed by atoms with Gasteiger partial charge in [0.1, 0.15) is 10.7 Å². The van der Waals surface area contributed by atoms with Gasteiger partial charge in [-0.05, 0) is 31.0 Å². The van der Waals surface area contributed by atoms with Crippen molar-refractivity contribution in [1.82, 2.24) is 14.8 Å². The Labute approximate surface area is 132 Å². The average molecular weight is 338 g/mol. The average Bonchev–Trinajstić information content (AvgIpc) is 2.89. The van der Waals surface area contributed by atoms with E-state index in [0.29, 0.717) is 12.1 Å². The summed E-state index contributed by atoms with van der Waals surface area (Å²) in [7, 11) is -3.89. The van der Waals surface area contributed by atoms with Gasteiger partial charge in [-0.15, -0.1) is 10.2 Å². The normalized spacial score (nSPS) is 14.2. The number of aryl methyl sites for hydroxylation is 1. The molecule has 9 heteroatoms. The minimum absolute atomic E-state index is 0.00932. The topological polar surface area (TPSA) is 101 Å². The maximum atomic E-state index is 12.4. The van der Waals surface area contributed by atoms with Crippen molar-refractivity contribution in [3.8, 4) is 6.07 Å². The first-order valence-corrected chi connectivity index (χ1v) is 8.52. The Bertz CT molecular complexity index is 869. The summed E-state index contributed by atoms with van der Waals surface area (Å²) in [5.41, 5.74) is 0.295. The van der Waals surface area contributed by atoms with Gasteiger partial charge in [0.05, 0.1) is 16.7 Å². The van der Waals surface area contributed by atoms with Crippen molar-refractivity contribution in [3.05, 3.63) is 34.6 Å². The van der Waals surface area contributed by atoms with E-state index in [-0.39, 0.29) is 15.9 Å². The summed E-state index contributed by atoms with van der Waals surface area (Å²) in [6.07, 6.45) is 2.76. The molecule has 7 nitrogen and oxygen atoms in total. The highest BCUT2D eigenvalue weighted by atomic mass is 35.5. The molecular weight excluding hydrogens is 326 g/mol. The van der Waals surface area contributed by atoms with Crippen LogP contribution in [0.15, 0.2) is 23.1 Å². The van der Waals surface area contributed by atoms with Crippen LogP contribution in [0.1, 0.15) is 24.2 Å². The molecule has 0 spiro atoms. The molecule has 0 atom stereocenters. The Kier molecular flexibility index (Phi) is 3.76. The van der Waals surface area contributed by atoms with Crippen LogP contribution in [0, 0.1) is 11.3 Å². The van der Waals surface area contributed by atoms with Crippen LogP contribution in [0.4, 0.5) is 5.95 Å². The monoisotopic (exact) mass is 337 g/mol. The fourth-order valence-corrected chi connectivity index (χ4v) is 3.90. The minimum Gasteiger partial charge on any atom is -0.297 e. The van der Waals surface area contributed by atoms with Crippen molar-refractivity contribution < 1.29 is 8.42 Å². The lowest BCUT2D eigenvalue weighted by molar-refractivity contribution is 0.526. The van der Waals surface area contributed by atoms with Crippen LogP contribution in [-0.2, 0) is 23.0 Å². The number of rotatable bonds is 3. The molecule has 2 heterocycles. The van der Waals surface area contributed by atoms with E-state index >= 15 is 0 Å². The van der Waals surface area contributed by atoms with Crippen LogP contribution >= 0.6 is 11.6 Å². The van der Waals surface area contributed by atoms with E-state index in [2.05, 4.69) is 14.9 Å². The molecule has 0 saturated carbocycles. The van der Waals surface area contributed by atoms with E-state index < -0.39 is 10.0 Å². The second-order valence-corrected chi connectivity index (χ2v) is 6.97. The molecule has 1 aliphatic rings. The molecule has 1 aliphatic heterocycles. The molecule has 114 valence electrons. The molecular formula is C13H12ClN5O2S. The zero-order valence-electron chi connectivity index (χ0n) is 11.5. The summed E-state index contributed by atoms with van der Waals surface area (Å²) in [6.45, 7) is 0.682. The van der Waals surface area contributed by atoms with Crippen molar-refractivity contribution in [3.63, 3.8) is 0 Å². The molecule has 0 radical (unpaired) electrons. The largest absolute Gasteiger partial charge is 0.297 e. The van der Waals surface area contributed by atoms with Crippen LogP contribution in [0.25, 0.3) is 0 Å². The highest BCUT2D eigenvalue weighted by Gasteiger charge is 2.23. The number of sulfonamides is 1. The lowest BCUT2D eigenvalue weighted by Gasteiger charge is -2.15. The van der Waals surface area contributed by atoms with Gasteiger partial charge < -0.3 is 0 Å². The van der Waals surface area contributed by atoms with Gasteiger partial charge in [0.2, 0.25) is 5.95 Å². The zero-order chi connectivity index (χ0) is 15.7. The predicted octanol–water partition coefficient (Wildman–Crippen LogP) is 1.94. The molecule has 0 fully saturated rings. The third-order valence-electron chi connectivity index (χ3n) is 3.44. The number of hydrogen-bond donors (Lipinski definition) is 1. The van der Waals surface area contributed by atoms with Crippen LogP contribution in [0.5, 0.6) is 0 Å². The minimum atomic E-state index is -3.89. The lowest BCUT2D eigenvalue weighted by Crippen LogP contribution is -2.19. The summed E-state index contributed by atoms with van der Waals surface area (Å²) in [5, 5.41) is 16.7. The standard InChI is InChI=1S/C13H12ClN5O2S/c14-10-7-9(8-15)4-5-11(10)22(20,21)18-13-17-16-12-3-1-2-6-19(12)13/h4-5,7H,1-3,6H2,(H,17,18). The van der Waals surface area contributed by atoms with Crippen molar-refractivity contribution in [2.45, 2.75) is 30.7 Å². The zero-order valence-corrected chi connectivity index (χ0v) is 13.0. The fraction of sp³-hybridized carbons (Fsp3) is 0.308. The van der Waals surface area contributed by atoms with Gasteiger partial charge in [-0.1, -0.05) is 11.6 Å². The highest BCUT2D eigenvalue weighted by Crippen LogP contribution is 2.25. The third-order valence-corrected chi connectivity index (χ3v) is 5.25. The third kappa shape index (κ3) is 2.65. The smallest absolute Gasteiger partial charge is 0.265 e. The van der Waals surface area contributed by atoms with Crippen LogP contribution in [0.2, 0.25) is 5.02 Å². The van der Waals surface area contributed by atoms with Crippen LogP contribution < -0.4 is 4.72 Å². The number of hydrogen-bond acceptors (Lipinski definition) is 5. The van der Waals surface area contributed by atoms with E-state index in [9.17, 15) is 8.42 Å². The van der Waals surface area contributed by atoms with E-state index in [0.717, 1.165) is 25.1 Å². The SMILES string of the molecule is N#Cc1ccc(S(=O)(=O)Nc2nnc3n2CCCC3)c(Cl)c1. The Morgan fingerprint density at radius 3 is 2.86 bits per heavy atom. The molecule has 3 rings (SSSR count). The Hall–Kier alpha value is -2.11. The predicted molar refractivity (Wildman–Crippen MR) is 79.9 cm³/mol. The highest BCUT2D eigenvalue weighted by molar-refractivity contribution is 7.92. The molecule has 1 N–H and O–H groups in total. The number of nitrogens with one attached hydrogen (secondary N) is 1. The second-order valence-electron chi connectivity index (χ2n) is 4.91. The number of aromatic nitrogens is 3. The first-order valence-electron chi connectivity index (χ1n) is 6.66. The Morgan fingerprint density at radius 2 is 2.14 bits per heavy atom. The molecule has 22 heavy (non-hydrogen) atoms. The number of fused-ring (bicyclic) bond motifs is 1. The van der Waals surface area contributed by atoms with E-state index in [1.54, 1.807) is 4.57 Å². The molecule has 0 bridgehead atoms. The van der Waals surface area contributed by atoms with E-state index in [1.165, 1.54) is 18.2 Å². The first kappa shape index (κ1) is 14.8. The summed E-state index contributed by atoms with van der Waals surface area (Å²) in [4.78, 5) is -0.0960. The summed E-state index contributed by atoms with van der Waals surface area (Å²) < 4.78 is 29.1. The van der Waals surface area contributed by atoms with Crippen LogP contribution in [-0.4, -0.2) is 23.2 Å². The first-order chi connectivity index (χ1) is 10.5. The second kappa shape index (κ2) is 5.59. The molecule has 0 saturated heterocycles. The molecule has 0 amide bonds. The van der Waals surface area contributed by atoms with Gasteiger partial charge in [0.15, 0.2) is 0 Å². The Balaban J connectivity index is 1.94. The molecule has 0 aliphatic carbocycles. The van der Waals surface area contributed by atoms with Crippen molar-refractivity contribution in [1.29, 1.82) is 5.26 Å². The Morgan fingerprint density at radius 1 is 1.32 bits per heavy atom. The van der Waals surface area contributed by atoms with Crippen molar-refractivity contribution in [2.24, 2.45) is 0 Å². The summed E-state index contributed by atoms with van der Waals surface area (Å²) >= 11 is 5.96. The van der Waals surface area contributed by atoms with Crippen molar-refractivity contribution >= 4 is 27.6 Å². The van der Waals surface area contributed by atoms with Gasteiger partial charge in [-0.2, -0.15) is 5.26 Å². The van der Waals surface area contributed by atoms with Gasteiger partial charge in [0, 0.05) is 13.0 Å². The van der Waals surface area contributed by atoms with Gasteiger partial charge in [-0.3, -0.25) is 4.57 Å². The number of nitriles is 1. The fourth-order valence-electron chi connectivity index (χ4n) is 2.35. The molecule has 0 unspecified atom stereocenters. The van der Waals surface area contributed by atoms with Crippen LogP contribution in [0.3, 0.4) is 0 Å². The maximum absolute atomic E-state index is 12.4. The van der Waals surface area contributed by atoms with Gasteiger partial charge >= 0.3 is 0 Å². The van der Waals surface area contributed by atoms with Gasteiger partial charge in [-0.25, -0.2) is 13.1 Å². The quantitative estimate of drug-likeness (QED) is 0.922. The maximum Gasteiger partial charge on any atom is 0.265 e. The number of nitrogens with zero attached hydrogens (tertiary/aromatic N) is 4. The summed E-state index contributed by atoms with van der Waals surface area (Å²) in [5.74, 6) is 0.963. The lowest BCUT2D eigenvalue weighted by atomic mass is 10.2. The molecule has 1 aromatic carbocycles. The van der Waals surface area contributed by atoms with Gasteiger partial charge in [0.25, 0.3) is 10.0 Å². The van der Waals surface area contributed by atoms with Crippen molar-refractivity contribution in [2.75, 3.05) is 4.72 Å². The number of benzene rings is 1. The van der Waals surface area contributed by atoms with E-state index in [1.807, 2.05) is 6.07 Å². The number of halogens is 1. The van der Waals surface area contributed by atoms with E-state index in [4.69, 9.17) is 16.9 Å².